The van der Waals surface area contributed by atoms with E-state index < -0.39 is 0 Å². The van der Waals surface area contributed by atoms with Crippen LogP contribution in [0.15, 0.2) is 24.3 Å². The zero-order valence-corrected chi connectivity index (χ0v) is 12.4. The fraction of sp³-hybridized carbons (Fsp3) is 0.562. The Morgan fingerprint density at radius 1 is 1.20 bits per heavy atom. The number of carbonyl (C=O) groups excluding carboxylic acids is 1. The predicted molar refractivity (Wildman–Crippen MR) is 79.6 cm³/mol. The number of amides is 1. The maximum atomic E-state index is 11.5. The van der Waals surface area contributed by atoms with E-state index >= 15 is 0 Å². The monoisotopic (exact) mass is 276 g/mol. The molecule has 1 aromatic rings. The molecule has 1 saturated heterocycles. The number of hydrogen-bond donors (Lipinski definition) is 1. The molecule has 110 valence electrons. The summed E-state index contributed by atoms with van der Waals surface area (Å²) < 4.78 is 0. The summed E-state index contributed by atoms with van der Waals surface area (Å²) in [6.45, 7) is 7.43. The third-order valence-corrected chi connectivity index (χ3v) is 4.08. The minimum atomic E-state index is 0.171. The number of hydrogen-bond acceptors (Lipinski definition) is 3. The first kappa shape index (κ1) is 14.9. The van der Waals surface area contributed by atoms with E-state index in [2.05, 4.69) is 11.8 Å². The van der Waals surface area contributed by atoms with Crippen LogP contribution >= 0.6 is 0 Å². The molecule has 4 nitrogen and oxygen atoms in total. The molecule has 1 fully saturated rings. The second-order valence-corrected chi connectivity index (χ2v) is 5.41. The lowest BCUT2D eigenvalue weighted by molar-refractivity contribution is -0.128. The van der Waals surface area contributed by atoms with E-state index in [4.69, 9.17) is 0 Å². The van der Waals surface area contributed by atoms with Crippen molar-refractivity contribution in [2.24, 2.45) is 0 Å². The van der Waals surface area contributed by atoms with Crippen molar-refractivity contribution in [1.82, 2.24) is 9.80 Å². The van der Waals surface area contributed by atoms with Gasteiger partial charge in [0, 0.05) is 39.1 Å². The van der Waals surface area contributed by atoms with Crippen molar-refractivity contribution in [2.45, 2.75) is 32.7 Å². The lowest BCUT2D eigenvalue weighted by atomic mass is 10.0. The van der Waals surface area contributed by atoms with E-state index in [-0.39, 0.29) is 5.91 Å². The lowest BCUT2D eigenvalue weighted by Gasteiger charge is -2.30. The maximum Gasteiger partial charge on any atom is 0.219 e. The van der Waals surface area contributed by atoms with Crippen LogP contribution in [-0.2, 0) is 4.79 Å². The Balaban J connectivity index is 2.07. The smallest absolute Gasteiger partial charge is 0.219 e. The molecule has 0 saturated carbocycles. The number of benzene rings is 1. The molecule has 1 N–H and O–H groups in total. The van der Waals surface area contributed by atoms with Crippen LogP contribution in [0.4, 0.5) is 0 Å². The van der Waals surface area contributed by atoms with Gasteiger partial charge in [-0.2, -0.15) is 0 Å². The zero-order valence-electron chi connectivity index (χ0n) is 12.4. The molecule has 4 heteroatoms. The number of phenolic OH excluding ortho intramolecular Hbond substituents is 1. The Hall–Kier alpha value is -1.55. The van der Waals surface area contributed by atoms with E-state index in [1.165, 1.54) is 5.56 Å². The molecule has 1 amide bonds. The van der Waals surface area contributed by atoms with Gasteiger partial charge in [0.2, 0.25) is 5.91 Å². The van der Waals surface area contributed by atoms with Gasteiger partial charge in [0.25, 0.3) is 0 Å². The van der Waals surface area contributed by atoms with Crippen molar-refractivity contribution in [1.29, 1.82) is 0 Å². The van der Waals surface area contributed by atoms with Crippen molar-refractivity contribution in [2.75, 3.05) is 26.2 Å². The van der Waals surface area contributed by atoms with E-state index in [1.807, 2.05) is 17.0 Å². The molecule has 1 atom stereocenters. The quantitative estimate of drug-likeness (QED) is 0.922. The Bertz CT molecular complexity index is 444. The summed E-state index contributed by atoms with van der Waals surface area (Å²) in [6.07, 6.45) is 2.05. The van der Waals surface area contributed by atoms with Crippen LogP contribution in [0.1, 0.15) is 38.3 Å². The van der Waals surface area contributed by atoms with Crippen LogP contribution in [0.3, 0.4) is 0 Å². The van der Waals surface area contributed by atoms with Crippen LogP contribution in [0.25, 0.3) is 0 Å². The summed E-state index contributed by atoms with van der Waals surface area (Å²) in [4.78, 5) is 15.9. The standard InChI is InChI=1S/C16H24N2O2/c1-3-16(14-5-7-15(20)8-6-14)18-10-4-9-17(11-12-18)13(2)19/h5-8,16,20H,3-4,9-12H2,1-2H3. The highest BCUT2D eigenvalue weighted by Gasteiger charge is 2.22. The van der Waals surface area contributed by atoms with Gasteiger partial charge in [0.05, 0.1) is 0 Å². The first-order valence-corrected chi connectivity index (χ1v) is 7.40. The molecule has 0 aromatic heterocycles. The molecule has 1 heterocycles. The van der Waals surface area contributed by atoms with Gasteiger partial charge >= 0.3 is 0 Å². The van der Waals surface area contributed by atoms with Gasteiger partial charge in [-0.3, -0.25) is 9.69 Å². The number of phenols is 1. The molecule has 0 bridgehead atoms. The Morgan fingerprint density at radius 3 is 2.50 bits per heavy atom. The molecule has 2 rings (SSSR count). The van der Waals surface area contributed by atoms with Crippen LogP contribution in [0.5, 0.6) is 5.75 Å². The summed E-state index contributed by atoms with van der Waals surface area (Å²) in [5.41, 5.74) is 1.24. The molecule has 1 aliphatic rings. The van der Waals surface area contributed by atoms with Gasteiger partial charge in [-0.15, -0.1) is 0 Å². The SMILES string of the molecule is CCC(c1ccc(O)cc1)N1CCCN(C(C)=O)CC1. The molecule has 1 unspecified atom stereocenters. The second kappa shape index (κ2) is 6.75. The second-order valence-electron chi connectivity index (χ2n) is 5.41. The first-order chi connectivity index (χ1) is 9.61. The third-order valence-electron chi connectivity index (χ3n) is 4.08. The highest BCUT2D eigenvalue weighted by molar-refractivity contribution is 5.73. The summed E-state index contributed by atoms with van der Waals surface area (Å²) in [5, 5.41) is 9.40. The van der Waals surface area contributed by atoms with E-state index in [1.54, 1.807) is 19.1 Å². The summed E-state index contributed by atoms with van der Waals surface area (Å²) in [7, 11) is 0. The van der Waals surface area contributed by atoms with Gasteiger partial charge in [0.15, 0.2) is 0 Å². The van der Waals surface area contributed by atoms with Crippen molar-refractivity contribution in [3.05, 3.63) is 29.8 Å². The molecular weight excluding hydrogens is 252 g/mol. The molecule has 0 aliphatic carbocycles. The minimum absolute atomic E-state index is 0.171. The van der Waals surface area contributed by atoms with Crippen LogP contribution < -0.4 is 0 Å². The fourth-order valence-electron chi connectivity index (χ4n) is 2.97. The van der Waals surface area contributed by atoms with Gasteiger partial charge in [-0.25, -0.2) is 0 Å². The average Bonchev–Trinajstić information content (AvgIpc) is 2.68. The molecular formula is C16H24N2O2. The predicted octanol–water partition coefficient (Wildman–Crippen LogP) is 2.40. The summed E-state index contributed by atoms with van der Waals surface area (Å²) >= 11 is 0. The molecule has 20 heavy (non-hydrogen) atoms. The Kier molecular flexibility index (Phi) is 5.01. The number of carbonyl (C=O) groups is 1. The van der Waals surface area contributed by atoms with E-state index in [0.717, 1.165) is 39.0 Å². The van der Waals surface area contributed by atoms with Gasteiger partial charge in [-0.05, 0) is 30.5 Å². The van der Waals surface area contributed by atoms with Crippen molar-refractivity contribution < 1.29 is 9.90 Å². The highest BCUT2D eigenvalue weighted by atomic mass is 16.3. The third kappa shape index (κ3) is 3.51. The Morgan fingerprint density at radius 2 is 1.90 bits per heavy atom. The molecule has 0 spiro atoms. The number of aromatic hydroxyl groups is 1. The lowest BCUT2D eigenvalue weighted by Crippen LogP contribution is -2.35. The fourth-order valence-corrected chi connectivity index (χ4v) is 2.97. The van der Waals surface area contributed by atoms with Crippen LogP contribution in [0.2, 0.25) is 0 Å². The largest absolute Gasteiger partial charge is 0.508 e. The van der Waals surface area contributed by atoms with Gasteiger partial charge in [-0.1, -0.05) is 19.1 Å². The van der Waals surface area contributed by atoms with Crippen molar-refractivity contribution in [3.63, 3.8) is 0 Å². The molecule has 1 aromatic carbocycles. The highest BCUT2D eigenvalue weighted by Crippen LogP contribution is 2.26. The molecule has 1 aliphatic heterocycles. The van der Waals surface area contributed by atoms with Gasteiger partial charge in [0.1, 0.15) is 5.75 Å². The topological polar surface area (TPSA) is 43.8 Å². The van der Waals surface area contributed by atoms with Crippen LogP contribution in [-0.4, -0.2) is 47.0 Å². The molecule has 0 radical (unpaired) electrons. The van der Waals surface area contributed by atoms with Gasteiger partial charge < -0.3 is 10.0 Å². The van der Waals surface area contributed by atoms with Crippen molar-refractivity contribution in [3.8, 4) is 5.75 Å². The normalized spacial score (nSPS) is 18.6. The van der Waals surface area contributed by atoms with Crippen LogP contribution in [0, 0.1) is 0 Å². The van der Waals surface area contributed by atoms with E-state index in [9.17, 15) is 9.90 Å². The van der Waals surface area contributed by atoms with Crippen molar-refractivity contribution >= 4 is 5.91 Å². The summed E-state index contributed by atoms with van der Waals surface area (Å²) in [6, 6.07) is 7.85. The first-order valence-electron chi connectivity index (χ1n) is 7.40. The Labute approximate surface area is 121 Å². The minimum Gasteiger partial charge on any atom is -0.508 e. The van der Waals surface area contributed by atoms with E-state index in [0.29, 0.717) is 11.8 Å². The zero-order chi connectivity index (χ0) is 14.5. The summed E-state index contributed by atoms with van der Waals surface area (Å²) in [5.74, 6) is 0.478. The number of nitrogens with zero attached hydrogens (tertiary/aromatic N) is 2. The average molecular weight is 276 g/mol. The maximum absolute atomic E-state index is 11.5. The number of rotatable bonds is 3.